The van der Waals surface area contributed by atoms with E-state index in [0.29, 0.717) is 12.1 Å². The summed E-state index contributed by atoms with van der Waals surface area (Å²) in [6.45, 7) is 11.6. The second kappa shape index (κ2) is 7.10. The van der Waals surface area contributed by atoms with E-state index in [9.17, 15) is 4.79 Å². The van der Waals surface area contributed by atoms with E-state index in [1.807, 2.05) is 11.9 Å². The number of carbonyl (C=O) groups excluding carboxylic acids is 1. The standard InChI is InChI=1S/C14H29N3O/c1-11(2)17(12(3)4)10-9-16-8-6-7-13(15-5)14(16)18/h11-13,15H,6-10H2,1-5H3. The molecule has 1 aliphatic heterocycles. The number of likely N-dealkylation sites (N-methyl/N-ethyl adjacent to an activating group) is 1. The molecule has 106 valence electrons. The molecule has 1 amide bonds. The molecule has 18 heavy (non-hydrogen) atoms. The fraction of sp³-hybridized carbons (Fsp3) is 0.929. The van der Waals surface area contributed by atoms with Crippen molar-refractivity contribution in [1.29, 1.82) is 0 Å². The fourth-order valence-electron chi connectivity index (χ4n) is 2.78. The average Bonchev–Trinajstić information content (AvgIpc) is 2.30. The molecule has 0 bridgehead atoms. The Labute approximate surface area is 112 Å². The van der Waals surface area contributed by atoms with E-state index in [2.05, 4.69) is 37.9 Å². The lowest BCUT2D eigenvalue weighted by Gasteiger charge is -2.36. The van der Waals surface area contributed by atoms with Crippen molar-refractivity contribution in [2.45, 2.75) is 58.7 Å². The van der Waals surface area contributed by atoms with Crippen LogP contribution in [0.25, 0.3) is 0 Å². The fourth-order valence-corrected chi connectivity index (χ4v) is 2.78. The van der Waals surface area contributed by atoms with Crippen molar-refractivity contribution in [2.75, 3.05) is 26.7 Å². The molecule has 1 heterocycles. The minimum Gasteiger partial charge on any atom is -0.340 e. The third-order valence-electron chi connectivity index (χ3n) is 3.83. The summed E-state index contributed by atoms with van der Waals surface area (Å²) in [4.78, 5) is 16.6. The number of hydrogen-bond donors (Lipinski definition) is 1. The number of nitrogens with zero attached hydrogens (tertiary/aromatic N) is 2. The monoisotopic (exact) mass is 255 g/mol. The van der Waals surface area contributed by atoms with Crippen LogP contribution in [0.2, 0.25) is 0 Å². The summed E-state index contributed by atoms with van der Waals surface area (Å²) in [5, 5.41) is 3.11. The van der Waals surface area contributed by atoms with Crippen molar-refractivity contribution in [3.63, 3.8) is 0 Å². The highest BCUT2D eigenvalue weighted by molar-refractivity contribution is 5.82. The van der Waals surface area contributed by atoms with Crippen LogP contribution in [-0.2, 0) is 4.79 Å². The lowest BCUT2D eigenvalue weighted by atomic mass is 10.1. The van der Waals surface area contributed by atoms with Gasteiger partial charge < -0.3 is 10.2 Å². The quantitative estimate of drug-likeness (QED) is 0.777. The van der Waals surface area contributed by atoms with Crippen LogP contribution >= 0.6 is 0 Å². The van der Waals surface area contributed by atoms with E-state index < -0.39 is 0 Å². The lowest BCUT2D eigenvalue weighted by molar-refractivity contribution is -0.136. The average molecular weight is 255 g/mol. The molecule has 0 saturated carbocycles. The third kappa shape index (κ3) is 3.95. The molecular weight excluding hydrogens is 226 g/mol. The topological polar surface area (TPSA) is 35.6 Å². The smallest absolute Gasteiger partial charge is 0.239 e. The number of piperidine rings is 1. The van der Waals surface area contributed by atoms with Gasteiger partial charge in [0.2, 0.25) is 5.91 Å². The molecule has 4 nitrogen and oxygen atoms in total. The first-order valence-corrected chi connectivity index (χ1v) is 7.19. The van der Waals surface area contributed by atoms with Crippen molar-refractivity contribution in [1.82, 2.24) is 15.1 Å². The van der Waals surface area contributed by atoms with Crippen LogP contribution in [0.5, 0.6) is 0 Å². The van der Waals surface area contributed by atoms with Gasteiger partial charge in [-0.25, -0.2) is 0 Å². The second-order valence-corrected chi connectivity index (χ2v) is 5.73. The molecule has 0 spiro atoms. The van der Waals surface area contributed by atoms with Gasteiger partial charge in [-0.05, 0) is 47.6 Å². The Hall–Kier alpha value is -0.610. The Morgan fingerprint density at radius 2 is 1.94 bits per heavy atom. The Morgan fingerprint density at radius 3 is 2.44 bits per heavy atom. The Kier molecular flexibility index (Phi) is 6.09. The zero-order chi connectivity index (χ0) is 13.7. The number of nitrogens with one attached hydrogen (secondary N) is 1. The van der Waals surface area contributed by atoms with Crippen LogP contribution in [0.15, 0.2) is 0 Å². The van der Waals surface area contributed by atoms with Crippen LogP contribution in [-0.4, -0.2) is 60.5 Å². The third-order valence-corrected chi connectivity index (χ3v) is 3.83. The normalized spacial score (nSPS) is 21.4. The van der Waals surface area contributed by atoms with E-state index >= 15 is 0 Å². The largest absolute Gasteiger partial charge is 0.340 e. The highest BCUT2D eigenvalue weighted by Crippen LogP contribution is 2.12. The highest BCUT2D eigenvalue weighted by Gasteiger charge is 2.27. The predicted octanol–water partition coefficient (Wildman–Crippen LogP) is 1.32. The molecule has 0 aliphatic carbocycles. The predicted molar refractivity (Wildman–Crippen MR) is 75.6 cm³/mol. The lowest BCUT2D eigenvalue weighted by Crippen LogP contribution is -2.52. The molecule has 0 radical (unpaired) electrons. The van der Waals surface area contributed by atoms with Gasteiger partial charge in [0.05, 0.1) is 6.04 Å². The maximum Gasteiger partial charge on any atom is 0.239 e. The van der Waals surface area contributed by atoms with Crippen LogP contribution in [0.1, 0.15) is 40.5 Å². The maximum absolute atomic E-state index is 12.2. The van der Waals surface area contributed by atoms with Crippen molar-refractivity contribution in [3.8, 4) is 0 Å². The Balaban J connectivity index is 2.49. The SMILES string of the molecule is CNC1CCCN(CCN(C(C)C)C(C)C)C1=O. The molecule has 0 aromatic carbocycles. The molecule has 1 unspecified atom stereocenters. The summed E-state index contributed by atoms with van der Waals surface area (Å²) in [5.74, 6) is 0.274. The number of hydrogen-bond acceptors (Lipinski definition) is 3. The van der Waals surface area contributed by atoms with Gasteiger partial charge >= 0.3 is 0 Å². The Bertz CT molecular complexity index is 258. The summed E-state index contributed by atoms with van der Waals surface area (Å²) in [5.41, 5.74) is 0. The molecule has 4 heteroatoms. The van der Waals surface area contributed by atoms with Gasteiger partial charge in [-0.15, -0.1) is 0 Å². The van der Waals surface area contributed by atoms with Gasteiger partial charge in [0.1, 0.15) is 0 Å². The van der Waals surface area contributed by atoms with E-state index in [0.717, 1.165) is 32.5 Å². The second-order valence-electron chi connectivity index (χ2n) is 5.73. The maximum atomic E-state index is 12.2. The molecule has 1 saturated heterocycles. The van der Waals surface area contributed by atoms with Gasteiger partial charge in [-0.2, -0.15) is 0 Å². The number of amides is 1. The summed E-state index contributed by atoms with van der Waals surface area (Å²) >= 11 is 0. The van der Waals surface area contributed by atoms with Gasteiger partial charge in [-0.1, -0.05) is 0 Å². The first-order chi connectivity index (χ1) is 8.47. The van der Waals surface area contributed by atoms with Crippen LogP contribution < -0.4 is 5.32 Å². The first-order valence-electron chi connectivity index (χ1n) is 7.19. The molecule has 1 fully saturated rings. The molecule has 1 N–H and O–H groups in total. The van der Waals surface area contributed by atoms with E-state index in [-0.39, 0.29) is 11.9 Å². The molecule has 0 aromatic heterocycles. The van der Waals surface area contributed by atoms with Crippen molar-refractivity contribution >= 4 is 5.91 Å². The summed E-state index contributed by atoms with van der Waals surface area (Å²) in [6.07, 6.45) is 2.09. The van der Waals surface area contributed by atoms with E-state index in [4.69, 9.17) is 0 Å². The van der Waals surface area contributed by atoms with Gasteiger partial charge in [0.25, 0.3) is 0 Å². The number of carbonyl (C=O) groups is 1. The summed E-state index contributed by atoms with van der Waals surface area (Å²) in [7, 11) is 1.88. The zero-order valence-electron chi connectivity index (χ0n) is 12.6. The molecule has 1 atom stereocenters. The first kappa shape index (κ1) is 15.4. The van der Waals surface area contributed by atoms with Gasteiger partial charge in [-0.3, -0.25) is 9.69 Å². The summed E-state index contributed by atoms with van der Waals surface area (Å²) < 4.78 is 0. The van der Waals surface area contributed by atoms with E-state index in [1.54, 1.807) is 0 Å². The minimum atomic E-state index is 0.0327. The van der Waals surface area contributed by atoms with Crippen molar-refractivity contribution < 1.29 is 4.79 Å². The van der Waals surface area contributed by atoms with Crippen molar-refractivity contribution in [2.24, 2.45) is 0 Å². The van der Waals surface area contributed by atoms with Gasteiger partial charge in [0, 0.05) is 31.7 Å². The molecule has 0 aromatic rings. The number of likely N-dealkylation sites (tertiary alicyclic amines) is 1. The zero-order valence-corrected chi connectivity index (χ0v) is 12.6. The van der Waals surface area contributed by atoms with Crippen LogP contribution in [0, 0.1) is 0 Å². The highest BCUT2D eigenvalue weighted by atomic mass is 16.2. The van der Waals surface area contributed by atoms with Gasteiger partial charge in [0.15, 0.2) is 0 Å². The van der Waals surface area contributed by atoms with Crippen molar-refractivity contribution in [3.05, 3.63) is 0 Å². The van der Waals surface area contributed by atoms with Crippen LogP contribution in [0.3, 0.4) is 0 Å². The number of rotatable bonds is 6. The molecular formula is C14H29N3O. The minimum absolute atomic E-state index is 0.0327. The molecule has 1 rings (SSSR count). The molecule has 1 aliphatic rings. The summed E-state index contributed by atoms with van der Waals surface area (Å²) in [6, 6.07) is 1.10. The Morgan fingerprint density at radius 1 is 1.33 bits per heavy atom. The van der Waals surface area contributed by atoms with Crippen LogP contribution in [0.4, 0.5) is 0 Å². The van der Waals surface area contributed by atoms with E-state index in [1.165, 1.54) is 0 Å².